The summed E-state index contributed by atoms with van der Waals surface area (Å²) < 4.78 is 0. The topological polar surface area (TPSA) is 64.7 Å². The molecule has 1 aliphatic rings. The fourth-order valence-corrected chi connectivity index (χ4v) is 3.75. The van der Waals surface area contributed by atoms with E-state index in [4.69, 9.17) is 11.6 Å². The lowest BCUT2D eigenvalue weighted by Gasteiger charge is -2.30. The molecule has 7 heteroatoms. The smallest absolute Gasteiger partial charge is 0.253 e. The Morgan fingerprint density at radius 2 is 1.86 bits per heavy atom. The van der Waals surface area contributed by atoms with Crippen LogP contribution in [0, 0.1) is 0 Å². The molecule has 1 saturated heterocycles. The molecule has 0 unspecified atom stereocenters. The van der Waals surface area contributed by atoms with Gasteiger partial charge in [-0.05, 0) is 57.0 Å². The zero-order valence-electron chi connectivity index (χ0n) is 17.8. The monoisotopic (exact) mass is 422 g/mol. The highest BCUT2D eigenvalue weighted by Gasteiger charge is 2.19. The number of halogens is 1. The first-order valence-corrected chi connectivity index (χ1v) is 11.4. The average Bonchev–Trinajstić information content (AvgIpc) is 2.75. The van der Waals surface area contributed by atoms with Crippen LogP contribution in [0.1, 0.15) is 56.3 Å². The van der Waals surface area contributed by atoms with Crippen molar-refractivity contribution in [1.82, 2.24) is 10.2 Å². The van der Waals surface area contributed by atoms with Gasteiger partial charge < -0.3 is 20.4 Å². The summed E-state index contributed by atoms with van der Waals surface area (Å²) in [5.41, 5.74) is 2.23. The normalized spacial score (nSPS) is 14.1. The quantitative estimate of drug-likeness (QED) is 0.533. The highest BCUT2D eigenvalue weighted by molar-refractivity contribution is 6.18. The van der Waals surface area contributed by atoms with Gasteiger partial charge in [0.15, 0.2) is 0 Å². The van der Waals surface area contributed by atoms with Gasteiger partial charge in [-0.3, -0.25) is 9.59 Å². The van der Waals surface area contributed by atoms with E-state index in [0.29, 0.717) is 36.5 Å². The van der Waals surface area contributed by atoms with Crippen molar-refractivity contribution in [2.24, 2.45) is 0 Å². The standard InChI is InChI=1S/C22H35ClN4O2/c1-3-26(4-2)16-13-24-22(29)19-17-18(25-21(28)9-8-12-23)10-11-20(19)27-14-6-5-7-15-27/h10-11,17H,3-9,12-16H2,1-2H3,(H,24,29)(H,25,28). The number of nitrogens with one attached hydrogen (secondary N) is 2. The summed E-state index contributed by atoms with van der Waals surface area (Å²) in [6.45, 7) is 9.53. The van der Waals surface area contributed by atoms with E-state index in [-0.39, 0.29) is 11.8 Å². The summed E-state index contributed by atoms with van der Waals surface area (Å²) in [6, 6.07) is 5.65. The van der Waals surface area contributed by atoms with Crippen molar-refractivity contribution >= 4 is 34.8 Å². The third-order valence-corrected chi connectivity index (χ3v) is 5.63. The highest BCUT2D eigenvalue weighted by atomic mass is 35.5. The number of anilines is 2. The summed E-state index contributed by atoms with van der Waals surface area (Å²) >= 11 is 5.67. The number of alkyl halides is 1. The van der Waals surface area contributed by atoms with Gasteiger partial charge in [-0.2, -0.15) is 0 Å². The molecular weight excluding hydrogens is 388 g/mol. The Hall–Kier alpha value is -1.79. The van der Waals surface area contributed by atoms with Gasteiger partial charge in [-0.25, -0.2) is 0 Å². The first kappa shape index (κ1) is 23.5. The van der Waals surface area contributed by atoms with E-state index in [1.807, 2.05) is 12.1 Å². The van der Waals surface area contributed by atoms with E-state index in [2.05, 4.69) is 34.3 Å². The Bertz CT molecular complexity index is 658. The number of hydrogen-bond donors (Lipinski definition) is 2. The molecular formula is C22H35ClN4O2. The van der Waals surface area contributed by atoms with Crippen LogP contribution in [0.15, 0.2) is 18.2 Å². The largest absolute Gasteiger partial charge is 0.371 e. The first-order chi connectivity index (χ1) is 14.1. The first-order valence-electron chi connectivity index (χ1n) is 10.8. The fraction of sp³-hybridized carbons (Fsp3) is 0.636. The van der Waals surface area contributed by atoms with Crippen molar-refractivity contribution in [3.63, 3.8) is 0 Å². The molecule has 1 heterocycles. The molecule has 0 spiro atoms. The molecule has 1 fully saturated rings. The summed E-state index contributed by atoms with van der Waals surface area (Å²) in [5, 5.41) is 5.95. The number of nitrogens with zero attached hydrogens (tertiary/aromatic N) is 2. The molecule has 0 aliphatic carbocycles. The van der Waals surface area contributed by atoms with E-state index in [1.54, 1.807) is 6.07 Å². The van der Waals surface area contributed by atoms with Gasteiger partial charge in [0.25, 0.3) is 5.91 Å². The van der Waals surface area contributed by atoms with E-state index in [0.717, 1.165) is 51.3 Å². The predicted octanol–water partition coefficient (Wildman–Crippen LogP) is 3.71. The molecule has 0 saturated carbocycles. The van der Waals surface area contributed by atoms with E-state index >= 15 is 0 Å². The van der Waals surface area contributed by atoms with Crippen LogP contribution in [0.2, 0.25) is 0 Å². The van der Waals surface area contributed by atoms with Gasteiger partial charge in [-0.15, -0.1) is 11.6 Å². The van der Waals surface area contributed by atoms with Crippen LogP contribution in [0.5, 0.6) is 0 Å². The maximum Gasteiger partial charge on any atom is 0.253 e. The van der Waals surface area contributed by atoms with Gasteiger partial charge in [-0.1, -0.05) is 13.8 Å². The summed E-state index contributed by atoms with van der Waals surface area (Å²) in [4.78, 5) is 29.6. The predicted molar refractivity (Wildman–Crippen MR) is 121 cm³/mol. The van der Waals surface area contributed by atoms with Crippen LogP contribution in [0.4, 0.5) is 11.4 Å². The van der Waals surface area contributed by atoms with Crippen LogP contribution < -0.4 is 15.5 Å². The van der Waals surface area contributed by atoms with Gasteiger partial charge in [0.2, 0.25) is 5.91 Å². The number of amides is 2. The molecule has 1 aliphatic heterocycles. The number of carbonyl (C=O) groups excluding carboxylic acids is 2. The van der Waals surface area contributed by atoms with Crippen molar-refractivity contribution in [2.45, 2.75) is 46.0 Å². The van der Waals surface area contributed by atoms with Crippen LogP contribution >= 0.6 is 11.6 Å². The third kappa shape index (κ3) is 7.52. The molecule has 2 amide bonds. The Morgan fingerprint density at radius 1 is 1.14 bits per heavy atom. The summed E-state index contributed by atoms with van der Waals surface area (Å²) in [5.74, 6) is 0.292. The Morgan fingerprint density at radius 3 is 2.52 bits per heavy atom. The second-order valence-corrected chi connectivity index (χ2v) is 7.78. The number of rotatable bonds is 11. The fourth-order valence-electron chi connectivity index (χ4n) is 3.62. The molecule has 29 heavy (non-hydrogen) atoms. The average molecular weight is 423 g/mol. The number of benzene rings is 1. The van der Waals surface area contributed by atoms with Crippen molar-refractivity contribution in [3.8, 4) is 0 Å². The van der Waals surface area contributed by atoms with Gasteiger partial charge in [0.1, 0.15) is 0 Å². The lowest BCUT2D eigenvalue weighted by Crippen LogP contribution is -2.36. The Kier molecular flexibility index (Phi) is 10.3. The van der Waals surface area contributed by atoms with Crippen molar-refractivity contribution in [2.75, 3.05) is 55.4 Å². The Labute approximate surface area is 180 Å². The zero-order chi connectivity index (χ0) is 21.1. The zero-order valence-corrected chi connectivity index (χ0v) is 18.6. The lowest BCUT2D eigenvalue weighted by molar-refractivity contribution is -0.116. The number of piperidine rings is 1. The minimum absolute atomic E-state index is 0.0794. The maximum atomic E-state index is 13.0. The van der Waals surface area contributed by atoms with Gasteiger partial charge in [0, 0.05) is 49.9 Å². The third-order valence-electron chi connectivity index (χ3n) is 5.37. The molecule has 0 bridgehead atoms. The summed E-state index contributed by atoms with van der Waals surface area (Å²) in [7, 11) is 0. The minimum atomic E-state index is -0.0883. The van der Waals surface area contributed by atoms with Crippen molar-refractivity contribution in [1.29, 1.82) is 0 Å². The number of likely N-dealkylation sites (N-methyl/N-ethyl adjacent to an activating group) is 1. The van der Waals surface area contributed by atoms with Gasteiger partial charge in [0.05, 0.1) is 5.56 Å². The molecule has 2 N–H and O–H groups in total. The highest BCUT2D eigenvalue weighted by Crippen LogP contribution is 2.27. The molecule has 1 aromatic rings. The number of carbonyl (C=O) groups is 2. The molecule has 0 atom stereocenters. The van der Waals surface area contributed by atoms with Crippen LogP contribution in [0.25, 0.3) is 0 Å². The van der Waals surface area contributed by atoms with Crippen LogP contribution in [-0.4, -0.2) is 61.9 Å². The molecule has 1 aromatic carbocycles. The Balaban J connectivity index is 2.13. The number of hydrogen-bond acceptors (Lipinski definition) is 4. The molecule has 0 radical (unpaired) electrons. The van der Waals surface area contributed by atoms with Gasteiger partial charge >= 0.3 is 0 Å². The second kappa shape index (κ2) is 12.7. The van der Waals surface area contributed by atoms with E-state index < -0.39 is 0 Å². The lowest BCUT2D eigenvalue weighted by atomic mass is 10.1. The summed E-state index contributed by atoms with van der Waals surface area (Å²) in [6.07, 6.45) is 4.53. The minimum Gasteiger partial charge on any atom is -0.371 e. The maximum absolute atomic E-state index is 13.0. The van der Waals surface area contributed by atoms with Crippen molar-refractivity contribution < 1.29 is 9.59 Å². The molecule has 162 valence electrons. The van der Waals surface area contributed by atoms with Crippen molar-refractivity contribution in [3.05, 3.63) is 23.8 Å². The SMILES string of the molecule is CCN(CC)CCNC(=O)c1cc(NC(=O)CCCCl)ccc1N1CCCCC1. The van der Waals surface area contributed by atoms with Crippen LogP contribution in [-0.2, 0) is 4.79 Å². The van der Waals surface area contributed by atoms with E-state index in [9.17, 15) is 9.59 Å². The molecule has 6 nitrogen and oxygen atoms in total. The second-order valence-electron chi connectivity index (χ2n) is 7.40. The molecule has 2 rings (SSSR count). The van der Waals surface area contributed by atoms with E-state index in [1.165, 1.54) is 6.42 Å². The molecule has 0 aromatic heterocycles. The van der Waals surface area contributed by atoms with Crippen LogP contribution in [0.3, 0.4) is 0 Å².